The molecule has 1 aliphatic rings. The summed E-state index contributed by atoms with van der Waals surface area (Å²) in [4.78, 5) is 0. The first-order valence-corrected chi connectivity index (χ1v) is 6.85. The second-order valence-corrected chi connectivity index (χ2v) is 5.45. The summed E-state index contributed by atoms with van der Waals surface area (Å²) in [6.07, 6.45) is 0.00784. The van der Waals surface area contributed by atoms with Crippen LogP contribution in [-0.2, 0) is 0 Å². The van der Waals surface area contributed by atoms with Gasteiger partial charge in [-0.15, -0.1) is 0 Å². The van der Waals surface area contributed by atoms with Gasteiger partial charge >= 0.3 is 0 Å². The molecule has 18 heavy (non-hydrogen) atoms. The van der Waals surface area contributed by atoms with Crippen LogP contribution < -0.4 is 10.1 Å². The summed E-state index contributed by atoms with van der Waals surface area (Å²) in [5, 5.41) is 4.12. The molecule has 1 atom stereocenters. The van der Waals surface area contributed by atoms with Gasteiger partial charge in [0, 0.05) is 5.02 Å². The summed E-state index contributed by atoms with van der Waals surface area (Å²) in [5.74, 6) is 0.865. The van der Waals surface area contributed by atoms with Crippen molar-refractivity contribution in [3.05, 3.63) is 57.5 Å². The van der Waals surface area contributed by atoms with Crippen LogP contribution in [0.5, 0.6) is 5.75 Å². The average molecular weight is 325 g/mol. The van der Waals surface area contributed by atoms with Gasteiger partial charge < -0.3 is 10.1 Å². The molecule has 0 saturated carbocycles. The largest absolute Gasteiger partial charge is 0.481 e. The van der Waals surface area contributed by atoms with Gasteiger partial charge in [0.1, 0.15) is 6.10 Å². The van der Waals surface area contributed by atoms with Gasteiger partial charge in [0.25, 0.3) is 0 Å². The van der Waals surface area contributed by atoms with Crippen molar-refractivity contribution in [1.29, 1.82) is 0 Å². The second-order valence-electron chi connectivity index (χ2n) is 4.16. The minimum absolute atomic E-state index is 0.00784. The van der Waals surface area contributed by atoms with Crippen LogP contribution in [0.4, 0.5) is 5.69 Å². The number of hydrogen-bond donors (Lipinski definition) is 1. The van der Waals surface area contributed by atoms with Crippen molar-refractivity contribution in [3.8, 4) is 5.75 Å². The Morgan fingerprint density at radius 2 is 1.94 bits per heavy atom. The predicted molar refractivity (Wildman–Crippen MR) is 77.5 cm³/mol. The molecule has 0 bridgehead atoms. The van der Waals surface area contributed by atoms with Crippen LogP contribution >= 0.6 is 27.5 Å². The highest BCUT2D eigenvalue weighted by Gasteiger charge is 2.22. The lowest BCUT2D eigenvalue weighted by Crippen LogP contribution is -2.23. The van der Waals surface area contributed by atoms with Crippen molar-refractivity contribution >= 4 is 33.2 Å². The van der Waals surface area contributed by atoms with Crippen LogP contribution in [0.2, 0.25) is 5.02 Å². The maximum Gasteiger partial charge on any atom is 0.157 e. The smallest absolute Gasteiger partial charge is 0.157 e. The van der Waals surface area contributed by atoms with Gasteiger partial charge in [-0.05, 0) is 45.8 Å². The summed E-state index contributed by atoms with van der Waals surface area (Å²) in [5.41, 5.74) is 2.14. The topological polar surface area (TPSA) is 21.3 Å². The number of para-hydroxylation sites is 1. The molecule has 92 valence electrons. The molecule has 3 rings (SSSR count). The Morgan fingerprint density at radius 3 is 2.72 bits per heavy atom. The summed E-state index contributed by atoms with van der Waals surface area (Å²) < 4.78 is 7.00. The van der Waals surface area contributed by atoms with E-state index in [2.05, 4.69) is 21.2 Å². The normalized spacial score (nSPS) is 17.6. The third kappa shape index (κ3) is 2.20. The minimum atomic E-state index is 0.00784. The number of anilines is 1. The lowest BCUT2D eigenvalue weighted by Gasteiger charge is -2.28. The van der Waals surface area contributed by atoms with Crippen molar-refractivity contribution in [2.24, 2.45) is 0 Å². The fourth-order valence-electron chi connectivity index (χ4n) is 2.02. The third-order valence-corrected chi connectivity index (χ3v) is 3.82. The van der Waals surface area contributed by atoms with E-state index in [4.69, 9.17) is 16.3 Å². The molecule has 0 amide bonds. The molecule has 1 N–H and O–H groups in total. The fraction of sp³-hybridized carbons (Fsp3) is 0.143. The van der Waals surface area contributed by atoms with Crippen molar-refractivity contribution < 1.29 is 4.74 Å². The number of hydrogen-bond acceptors (Lipinski definition) is 2. The number of fused-ring (bicyclic) bond motifs is 1. The highest BCUT2D eigenvalue weighted by atomic mass is 79.9. The van der Waals surface area contributed by atoms with Crippen LogP contribution in [0.3, 0.4) is 0 Å². The van der Waals surface area contributed by atoms with E-state index < -0.39 is 0 Å². The predicted octanol–water partition coefficient (Wildman–Crippen LogP) is 4.65. The number of benzene rings is 2. The van der Waals surface area contributed by atoms with Gasteiger partial charge in [-0.1, -0.05) is 29.8 Å². The zero-order chi connectivity index (χ0) is 12.5. The molecule has 2 aromatic carbocycles. The molecule has 0 fully saturated rings. The fourth-order valence-corrected chi connectivity index (χ4v) is 2.60. The first-order chi connectivity index (χ1) is 8.74. The van der Waals surface area contributed by atoms with Gasteiger partial charge in [-0.2, -0.15) is 0 Å². The van der Waals surface area contributed by atoms with Crippen LogP contribution in [0.1, 0.15) is 11.7 Å². The quantitative estimate of drug-likeness (QED) is 0.824. The molecule has 2 aromatic rings. The monoisotopic (exact) mass is 323 g/mol. The van der Waals surface area contributed by atoms with E-state index in [-0.39, 0.29) is 6.10 Å². The van der Waals surface area contributed by atoms with Gasteiger partial charge in [0.2, 0.25) is 0 Å². The Hall–Kier alpha value is -1.19. The number of ether oxygens (including phenoxy) is 1. The Labute approximate surface area is 119 Å². The SMILES string of the molecule is Clc1ccc(C2CNc3cccc(Br)c3O2)cc1. The second kappa shape index (κ2) is 4.82. The Morgan fingerprint density at radius 1 is 1.17 bits per heavy atom. The molecule has 4 heteroatoms. The zero-order valence-corrected chi connectivity index (χ0v) is 11.8. The van der Waals surface area contributed by atoms with E-state index in [9.17, 15) is 0 Å². The van der Waals surface area contributed by atoms with Crippen molar-refractivity contribution in [2.75, 3.05) is 11.9 Å². The van der Waals surface area contributed by atoms with Crippen LogP contribution in [0.25, 0.3) is 0 Å². The maximum atomic E-state index is 6.04. The molecule has 0 saturated heterocycles. The molecule has 0 spiro atoms. The zero-order valence-electron chi connectivity index (χ0n) is 9.49. The number of rotatable bonds is 1. The van der Waals surface area contributed by atoms with Gasteiger partial charge in [0.05, 0.1) is 16.7 Å². The molecule has 2 nitrogen and oxygen atoms in total. The van der Waals surface area contributed by atoms with E-state index in [1.165, 1.54) is 0 Å². The summed E-state index contributed by atoms with van der Waals surface area (Å²) in [7, 11) is 0. The van der Waals surface area contributed by atoms with E-state index in [1.54, 1.807) is 0 Å². The molecule has 1 aliphatic heterocycles. The number of nitrogens with one attached hydrogen (secondary N) is 1. The van der Waals surface area contributed by atoms with E-state index in [0.717, 1.165) is 33.0 Å². The van der Waals surface area contributed by atoms with E-state index >= 15 is 0 Å². The molecule has 0 radical (unpaired) electrons. The van der Waals surface area contributed by atoms with Crippen molar-refractivity contribution in [2.45, 2.75) is 6.10 Å². The Balaban J connectivity index is 1.90. The first-order valence-electron chi connectivity index (χ1n) is 5.68. The molecule has 1 unspecified atom stereocenters. The van der Waals surface area contributed by atoms with Crippen molar-refractivity contribution in [3.63, 3.8) is 0 Å². The van der Waals surface area contributed by atoms with Gasteiger partial charge in [0.15, 0.2) is 5.75 Å². The van der Waals surface area contributed by atoms with E-state index in [1.807, 2.05) is 42.5 Å². The first kappa shape index (κ1) is 11.9. The Bertz CT molecular complexity index is 571. The minimum Gasteiger partial charge on any atom is -0.481 e. The molecule has 0 aromatic heterocycles. The Kier molecular flexibility index (Phi) is 3.18. The van der Waals surface area contributed by atoms with E-state index in [0.29, 0.717) is 0 Å². The summed E-state index contributed by atoms with van der Waals surface area (Å²) >= 11 is 9.40. The third-order valence-electron chi connectivity index (χ3n) is 2.95. The molecule has 1 heterocycles. The standard InChI is InChI=1S/C14H11BrClNO/c15-11-2-1-3-12-14(11)18-13(8-17-12)9-4-6-10(16)7-5-9/h1-7,13,17H,8H2. The van der Waals surface area contributed by atoms with Crippen LogP contribution in [0, 0.1) is 0 Å². The average Bonchev–Trinajstić information content (AvgIpc) is 2.40. The van der Waals surface area contributed by atoms with Crippen LogP contribution in [0.15, 0.2) is 46.9 Å². The lowest BCUT2D eigenvalue weighted by molar-refractivity contribution is 0.209. The number of halogens is 2. The molecular weight excluding hydrogens is 314 g/mol. The summed E-state index contributed by atoms with van der Waals surface area (Å²) in [6, 6.07) is 13.7. The molecular formula is C14H11BrClNO. The highest BCUT2D eigenvalue weighted by molar-refractivity contribution is 9.10. The van der Waals surface area contributed by atoms with Crippen molar-refractivity contribution in [1.82, 2.24) is 0 Å². The maximum absolute atomic E-state index is 6.04. The molecule has 0 aliphatic carbocycles. The van der Waals surface area contributed by atoms with Gasteiger partial charge in [-0.3, -0.25) is 0 Å². The van der Waals surface area contributed by atoms with Crippen LogP contribution in [-0.4, -0.2) is 6.54 Å². The van der Waals surface area contributed by atoms with Gasteiger partial charge in [-0.25, -0.2) is 0 Å². The summed E-state index contributed by atoms with van der Waals surface area (Å²) in [6.45, 7) is 0.755. The highest BCUT2D eigenvalue weighted by Crippen LogP contribution is 2.39. The lowest BCUT2D eigenvalue weighted by atomic mass is 10.1.